The highest BCUT2D eigenvalue weighted by Crippen LogP contribution is 2.12. The lowest BCUT2D eigenvalue weighted by Gasteiger charge is -2.18. The quantitative estimate of drug-likeness (QED) is 0.0262. The maximum absolute atomic E-state index is 12.8. The highest BCUT2D eigenvalue weighted by atomic mass is 16.6. The third-order valence-corrected chi connectivity index (χ3v) is 10.5. The summed E-state index contributed by atoms with van der Waals surface area (Å²) in [5.74, 6) is -1.01. The van der Waals surface area contributed by atoms with Gasteiger partial charge in [0.2, 0.25) is 0 Å². The van der Waals surface area contributed by atoms with Gasteiger partial charge in [0, 0.05) is 19.3 Å². The molecule has 0 aliphatic heterocycles. The van der Waals surface area contributed by atoms with E-state index < -0.39 is 6.10 Å². The van der Waals surface area contributed by atoms with Crippen molar-refractivity contribution >= 4 is 17.9 Å². The molecule has 6 nitrogen and oxygen atoms in total. The summed E-state index contributed by atoms with van der Waals surface area (Å²) in [4.78, 5) is 38.0. The van der Waals surface area contributed by atoms with Crippen molar-refractivity contribution in [2.75, 3.05) is 13.2 Å². The Morgan fingerprint density at radius 2 is 0.609 bits per heavy atom. The van der Waals surface area contributed by atoms with Gasteiger partial charge in [0.25, 0.3) is 0 Å². The zero-order valence-corrected chi connectivity index (χ0v) is 41.3. The average molecular weight is 887 g/mol. The van der Waals surface area contributed by atoms with Crippen LogP contribution in [0.2, 0.25) is 0 Å². The second-order valence-electron chi connectivity index (χ2n) is 16.7. The van der Waals surface area contributed by atoms with Gasteiger partial charge in [0.15, 0.2) is 6.10 Å². The van der Waals surface area contributed by atoms with E-state index in [2.05, 4.69) is 130 Å². The van der Waals surface area contributed by atoms with Gasteiger partial charge in [-0.2, -0.15) is 0 Å². The molecular formula is C58H94O6. The number of unbranched alkanes of at least 4 members (excludes halogenated alkanes) is 16. The molecule has 0 aliphatic carbocycles. The van der Waals surface area contributed by atoms with Gasteiger partial charge in [0.05, 0.1) is 0 Å². The fourth-order valence-corrected chi connectivity index (χ4v) is 6.65. The smallest absolute Gasteiger partial charge is 0.306 e. The second-order valence-corrected chi connectivity index (χ2v) is 16.7. The fourth-order valence-electron chi connectivity index (χ4n) is 6.65. The SMILES string of the molecule is CC/C=C\C/C=C\C/C=C\C/C=C\CCCCC(=O)OC[C@H](COC(=O)CCCCCCC/C=C\CCCCCCCCC)OC(=O)CCCC/C=C\C/C=C\C/C=C\C/C=C\CC. The summed E-state index contributed by atoms with van der Waals surface area (Å²) in [6.07, 6.45) is 69.3. The highest BCUT2D eigenvalue weighted by molar-refractivity contribution is 5.71. The second kappa shape index (κ2) is 51.7. The average Bonchev–Trinajstić information content (AvgIpc) is 3.29. The Bertz CT molecular complexity index is 1340. The predicted molar refractivity (Wildman–Crippen MR) is 274 cm³/mol. The Morgan fingerprint density at radius 1 is 0.328 bits per heavy atom. The van der Waals surface area contributed by atoms with E-state index in [0.29, 0.717) is 25.7 Å². The van der Waals surface area contributed by atoms with Crippen LogP contribution < -0.4 is 0 Å². The van der Waals surface area contributed by atoms with Crippen LogP contribution in [0.3, 0.4) is 0 Å². The molecule has 0 saturated carbocycles. The molecule has 0 saturated heterocycles. The molecule has 6 heteroatoms. The van der Waals surface area contributed by atoms with Gasteiger partial charge >= 0.3 is 17.9 Å². The minimum Gasteiger partial charge on any atom is -0.462 e. The molecule has 0 radical (unpaired) electrons. The zero-order valence-electron chi connectivity index (χ0n) is 41.3. The van der Waals surface area contributed by atoms with Crippen LogP contribution in [0.25, 0.3) is 0 Å². The van der Waals surface area contributed by atoms with Crippen molar-refractivity contribution in [1.29, 1.82) is 0 Å². The van der Waals surface area contributed by atoms with Crippen molar-refractivity contribution in [3.05, 3.63) is 109 Å². The molecule has 0 aliphatic rings. The number of hydrogen-bond donors (Lipinski definition) is 0. The molecule has 0 spiro atoms. The zero-order chi connectivity index (χ0) is 46.5. The molecular weight excluding hydrogens is 793 g/mol. The normalized spacial score (nSPS) is 13.0. The lowest BCUT2D eigenvalue weighted by atomic mass is 10.1. The Labute approximate surface area is 393 Å². The van der Waals surface area contributed by atoms with Crippen LogP contribution in [0.4, 0.5) is 0 Å². The van der Waals surface area contributed by atoms with E-state index in [0.717, 1.165) is 109 Å². The van der Waals surface area contributed by atoms with Crippen molar-refractivity contribution in [3.8, 4) is 0 Å². The van der Waals surface area contributed by atoms with Gasteiger partial charge in [-0.15, -0.1) is 0 Å². The molecule has 0 rings (SSSR count). The molecule has 0 fully saturated rings. The number of hydrogen-bond acceptors (Lipinski definition) is 6. The van der Waals surface area contributed by atoms with Crippen molar-refractivity contribution in [1.82, 2.24) is 0 Å². The minimum atomic E-state index is -0.821. The van der Waals surface area contributed by atoms with Crippen LogP contribution >= 0.6 is 0 Å². The predicted octanol–water partition coefficient (Wildman–Crippen LogP) is 17.1. The summed E-state index contributed by atoms with van der Waals surface area (Å²) < 4.78 is 16.7. The standard InChI is InChI=1S/C58H94O6/c1-4-7-10-13-16-19-22-25-28-31-33-36-39-42-45-48-51-57(60)63-54-55(64-58(61)52-49-46-43-40-37-34-30-27-24-21-18-15-12-9-6-3)53-62-56(59)50-47-44-41-38-35-32-29-26-23-20-17-14-11-8-5-2/h8-9,11-12,17-18,20-21,26-31,35,37-38,40,55H,4-7,10,13-16,19,22-25,32-34,36,39,41-54H2,1-3H3/b11-8-,12-9-,20-17-,21-18-,29-26-,30-27-,31-28-,38-35-,40-37-/t55-/m1/s1. The summed E-state index contributed by atoms with van der Waals surface area (Å²) >= 11 is 0. The van der Waals surface area contributed by atoms with Crippen LogP contribution in [-0.4, -0.2) is 37.2 Å². The number of esters is 3. The Morgan fingerprint density at radius 3 is 1.00 bits per heavy atom. The van der Waals surface area contributed by atoms with Crippen molar-refractivity contribution < 1.29 is 28.6 Å². The van der Waals surface area contributed by atoms with Crippen LogP contribution in [0.5, 0.6) is 0 Å². The van der Waals surface area contributed by atoms with Crippen molar-refractivity contribution in [2.24, 2.45) is 0 Å². The first-order chi connectivity index (χ1) is 31.5. The minimum absolute atomic E-state index is 0.114. The van der Waals surface area contributed by atoms with E-state index in [1.165, 1.54) is 57.8 Å². The summed E-state index contributed by atoms with van der Waals surface area (Å²) in [6, 6.07) is 0. The van der Waals surface area contributed by atoms with Crippen LogP contribution in [0, 0.1) is 0 Å². The Kier molecular flexibility index (Phi) is 48.5. The third-order valence-electron chi connectivity index (χ3n) is 10.5. The van der Waals surface area contributed by atoms with E-state index in [1.54, 1.807) is 0 Å². The first kappa shape index (κ1) is 60.1. The summed E-state index contributed by atoms with van der Waals surface area (Å²) in [5, 5.41) is 0. The first-order valence-corrected chi connectivity index (χ1v) is 25.9. The van der Waals surface area contributed by atoms with Gasteiger partial charge in [-0.25, -0.2) is 0 Å². The first-order valence-electron chi connectivity index (χ1n) is 25.9. The van der Waals surface area contributed by atoms with Crippen LogP contribution in [-0.2, 0) is 28.6 Å². The molecule has 0 aromatic heterocycles. The van der Waals surface area contributed by atoms with Crippen LogP contribution in [0.1, 0.15) is 220 Å². The maximum Gasteiger partial charge on any atom is 0.306 e. The summed E-state index contributed by atoms with van der Waals surface area (Å²) in [6.45, 7) is 6.31. The third kappa shape index (κ3) is 49.1. The molecule has 64 heavy (non-hydrogen) atoms. The van der Waals surface area contributed by atoms with Gasteiger partial charge in [-0.1, -0.05) is 188 Å². The van der Waals surface area contributed by atoms with E-state index in [1.807, 2.05) is 0 Å². The Hall–Kier alpha value is -3.93. The molecule has 0 bridgehead atoms. The topological polar surface area (TPSA) is 78.9 Å². The number of ether oxygens (including phenoxy) is 3. The van der Waals surface area contributed by atoms with Gasteiger partial charge in [0.1, 0.15) is 13.2 Å². The maximum atomic E-state index is 12.8. The van der Waals surface area contributed by atoms with E-state index >= 15 is 0 Å². The largest absolute Gasteiger partial charge is 0.462 e. The van der Waals surface area contributed by atoms with Crippen molar-refractivity contribution in [2.45, 2.75) is 226 Å². The molecule has 0 aromatic rings. The van der Waals surface area contributed by atoms with E-state index in [4.69, 9.17) is 14.2 Å². The Balaban J connectivity index is 4.54. The van der Waals surface area contributed by atoms with Gasteiger partial charge in [-0.05, 0) is 122 Å². The number of carbonyl (C=O) groups is 3. The summed E-state index contributed by atoms with van der Waals surface area (Å²) in [7, 11) is 0. The lowest BCUT2D eigenvalue weighted by molar-refractivity contribution is -0.167. The molecule has 0 unspecified atom stereocenters. The lowest BCUT2D eigenvalue weighted by Crippen LogP contribution is -2.30. The van der Waals surface area contributed by atoms with Gasteiger partial charge in [-0.3, -0.25) is 14.4 Å². The van der Waals surface area contributed by atoms with Gasteiger partial charge < -0.3 is 14.2 Å². The number of allylic oxidation sites excluding steroid dienone is 18. The fraction of sp³-hybridized carbons (Fsp3) is 0.638. The molecule has 1 atom stereocenters. The van der Waals surface area contributed by atoms with Crippen LogP contribution in [0.15, 0.2) is 109 Å². The molecule has 0 heterocycles. The molecule has 0 N–H and O–H groups in total. The monoisotopic (exact) mass is 887 g/mol. The van der Waals surface area contributed by atoms with E-state index in [-0.39, 0.29) is 37.5 Å². The molecule has 362 valence electrons. The number of rotatable bonds is 45. The molecule has 0 aromatic carbocycles. The summed E-state index contributed by atoms with van der Waals surface area (Å²) in [5.41, 5.74) is 0. The van der Waals surface area contributed by atoms with E-state index in [9.17, 15) is 14.4 Å². The molecule has 0 amide bonds. The van der Waals surface area contributed by atoms with Crippen molar-refractivity contribution in [3.63, 3.8) is 0 Å². The highest BCUT2D eigenvalue weighted by Gasteiger charge is 2.19. The number of carbonyl (C=O) groups excluding carboxylic acids is 3.